The number of hydrogen-bond acceptors (Lipinski definition) is 6. The Balaban J connectivity index is 1.51. The summed E-state index contributed by atoms with van der Waals surface area (Å²) in [5.74, 6) is 1.73. The van der Waals surface area contributed by atoms with E-state index in [1.165, 1.54) is 17.5 Å². The molecule has 2 aromatic carbocycles. The number of nitrogens with zero attached hydrogens (tertiary/aromatic N) is 2. The van der Waals surface area contributed by atoms with Gasteiger partial charge in [-0.15, -0.1) is 0 Å². The maximum absolute atomic E-state index is 13.0. The highest BCUT2D eigenvalue weighted by molar-refractivity contribution is 7.89. The van der Waals surface area contributed by atoms with Gasteiger partial charge in [-0.2, -0.15) is 4.31 Å². The molecule has 2 aliphatic heterocycles. The van der Waals surface area contributed by atoms with Crippen molar-refractivity contribution in [1.29, 1.82) is 0 Å². The minimum absolute atomic E-state index is 0.0917. The fraction of sp³-hybridized carbons (Fsp3) is 0.333. The van der Waals surface area contributed by atoms with Gasteiger partial charge < -0.3 is 19.1 Å². The first-order valence-electron chi connectivity index (χ1n) is 8.47. The topological polar surface area (TPSA) is 68.3 Å². The second-order valence-electron chi connectivity index (χ2n) is 6.22. The molecule has 144 valence electrons. The number of benzene rings is 2. The molecule has 0 unspecified atom stereocenters. The minimum Gasteiger partial charge on any atom is -0.495 e. The second kappa shape index (κ2) is 7.10. The number of hydrogen-bond donors (Lipinski definition) is 0. The highest BCUT2D eigenvalue weighted by Gasteiger charge is 2.31. The van der Waals surface area contributed by atoms with Crippen LogP contribution in [0.15, 0.2) is 41.3 Å². The summed E-state index contributed by atoms with van der Waals surface area (Å²) in [5, 5.41) is 0.355. The molecule has 2 aliphatic rings. The Morgan fingerprint density at radius 1 is 1.00 bits per heavy atom. The van der Waals surface area contributed by atoms with E-state index in [0.29, 0.717) is 37.0 Å². The van der Waals surface area contributed by atoms with Crippen LogP contribution in [-0.4, -0.2) is 52.8 Å². The van der Waals surface area contributed by atoms with Crippen LogP contribution >= 0.6 is 11.6 Å². The van der Waals surface area contributed by atoms with Crippen molar-refractivity contribution in [2.75, 3.05) is 45.0 Å². The van der Waals surface area contributed by atoms with Crippen LogP contribution in [0.5, 0.6) is 17.2 Å². The molecule has 0 atom stereocenters. The smallest absolute Gasteiger partial charge is 0.246 e. The first kappa shape index (κ1) is 18.2. The highest BCUT2D eigenvalue weighted by Crippen LogP contribution is 2.36. The van der Waals surface area contributed by atoms with Crippen LogP contribution in [0.1, 0.15) is 0 Å². The van der Waals surface area contributed by atoms with Gasteiger partial charge in [0.2, 0.25) is 16.8 Å². The number of sulfonamides is 1. The van der Waals surface area contributed by atoms with Gasteiger partial charge in [-0.3, -0.25) is 0 Å². The average molecular weight is 411 g/mol. The van der Waals surface area contributed by atoms with Crippen LogP contribution in [0.3, 0.4) is 0 Å². The van der Waals surface area contributed by atoms with E-state index < -0.39 is 10.0 Å². The Kier molecular flexibility index (Phi) is 4.79. The summed E-state index contributed by atoms with van der Waals surface area (Å²) in [7, 11) is -2.25. The first-order chi connectivity index (χ1) is 13.0. The molecule has 1 fully saturated rings. The van der Waals surface area contributed by atoms with E-state index in [4.69, 9.17) is 25.8 Å². The third kappa shape index (κ3) is 3.40. The fourth-order valence-corrected chi connectivity index (χ4v) is 5.10. The zero-order valence-electron chi connectivity index (χ0n) is 14.7. The van der Waals surface area contributed by atoms with Crippen LogP contribution in [0.2, 0.25) is 5.02 Å². The van der Waals surface area contributed by atoms with Crippen molar-refractivity contribution in [3.8, 4) is 17.2 Å². The lowest BCUT2D eigenvalue weighted by atomic mass is 10.2. The van der Waals surface area contributed by atoms with Crippen molar-refractivity contribution in [3.63, 3.8) is 0 Å². The zero-order chi connectivity index (χ0) is 19.0. The standard InChI is InChI=1S/C18H19ClN2O5S/c1-24-16-4-2-13(19)10-18(16)27(22,23)21-8-6-20(7-9-21)14-3-5-15-17(11-14)26-12-25-15/h2-5,10-11H,6-9,12H2,1H3. The van der Waals surface area contributed by atoms with Gasteiger partial charge in [-0.1, -0.05) is 11.6 Å². The van der Waals surface area contributed by atoms with Crippen molar-refractivity contribution in [3.05, 3.63) is 41.4 Å². The van der Waals surface area contributed by atoms with Gasteiger partial charge in [-0.05, 0) is 30.3 Å². The van der Waals surface area contributed by atoms with Gasteiger partial charge in [0.05, 0.1) is 7.11 Å². The maximum Gasteiger partial charge on any atom is 0.246 e. The molecular weight excluding hydrogens is 392 g/mol. The lowest BCUT2D eigenvalue weighted by molar-refractivity contribution is 0.174. The van der Waals surface area contributed by atoms with Gasteiger partial charge in [0.1, 0.15) is 10.6 Å². The summed E-state index contributed by atoms with van der Waals surface area (Å²) in [5.41, 5.74) is 0.983. The normalized spacial score (nSPS) is 17.2. The number of ether oxygens (including phenoxy) is 3. The van der Waals surface area contributed by atoms with Crippen LogP contribution in [0.25, 0.3) is 0 Å². The summed E-state index contributed by atoms with van der Waals surface area (Å²) in [6.07, 6.45) is 0. The molecule has 0 N–H and O–H groups in total. The Bertz CT molecular complexity index is 958. The van der Waals surface area contributed by atoms with Crippen molar-refractivity contribution in [1.82, 2.24) is 4.31 Å². The molecule has 0 aliphatic carbocycles. The first-order valence-corrected chi connectivity index (χ1v) is 10.3. The highest BCUT2D eigenvalue weighted by atomic mass is 35.5. The van der Waals surface area contributed by atoms with Crippen molar-refractivity contribution in [2.24, 2.45) is 0 Å². The molecule has 0 saturated carbocycles. The van der Waals surface area contributed by atoms with E-state index in [0.717, 1.165) is 11.4 Å². The third-order valence-electron chi connectivity index (χ3n) is 4.70. The molecule has 0 aromatic heterocycles. The van der Waals surface area contributed by atoms with Crippen LogP contribution in [0.4, 0.5) is 5.69 Å². The average Bonchev–Trinajstić information content (AvgIpc) is 3.16. The lowest BCUT2D eigenvalue weighted by Gasteiger charge is -2.35. The van der Waals surface area contributed by atoms with Gasteiger partial charge in [-0.25, -0.2) is 8.42 Å². The maximum atomic E-state index is 13.0. The largest absolute Gasteiger partial charge is 0.495 e. The van der Waals surface area contributed by atoms with Crippen LogP contribution in [-0.2, 0) is 10.0 Å². The minimum atomic E-state index is -3.69. The van der Waals surface area contributed by atoms with Crippen LogP contribution in [0, 0.1) is 0 Å². The Morgan fingerprint density at radius 3 is 2.48 bits per heavy atom. The number of methoxy groups -OCH3 is 1. The molecule has 0 bridgehead atoms. The summed E-state index contributed by atoms with van der Waals surface area (Å²) in [6.45, 7) is 2.11. The predicted octanol–water partition coefficient (Wildman–Crippen LogP) is 2.59. The molecular formula is C18H19ClN2O5S. The van der Waals surface area contributed by atoms with Crippen molar-refractivity contribution >= 4 is 27.3 Å². The van der Waals surface area contributed by atoms with Crippen molar-refractivity contribution < 1.29 is 22.6 Å². The van der Waals surface area contributed by atoms with E-state index in [-0.39, 0.29) is 17.4 Å². The number of rotatable bonds is 4. The van der Waals surface area contributed by atoms with E-state index in [1.807, 2.05) is 18.2 Å². The summed E-state index contributed by atoms with van der Waals surface area (Å²) in [4.78, 5) is 2.22. The van der Waals surface area contributed by atoms with E-state index >= 15 is 0 Å². The second-order valence-corrected chi connectivity index (χ2v) is 8.57. The lowest BCUT2D eigenvalue weighted by Crippen LogP contribution is -2.48. The van der Waals surface area contributed by atoms with Gasteiger partial charge in [0.25, 0.3) is 0 Å². The molecule has 2 aromatic rings. The summed E-state index contributed by atoms with van der Waals surface area (Å²) in [6, 6.07) is 10.4. The van der Waals surface area contributed by atoms with E-state index in [1.54, 1.807) is 12.1 Å². The Morgan fingerprint density at radius 2 is 1.74 bits per heavy atom. The third-order valence-corrected chi connectivity index (χ3v) is 6.86. The van der Waals surface area contributed by atoms with E-state index in [2.05, 4.69) is 4.90 Å². The SMILES string of the molecule is COc1ccc(Cl)cc1S(=O)(=O)N1CCN(c2ccc3c(c2)OCO3)CC1. The molecule has 4 rings (SSSR count). The molecule has 9 heteroatoms. The molecule has 2 heterocycles. The number of halogens is 1. The van der Waals surface area contributed by atoms with Crippen LogP contribution < -0.4 is 19.1 Å². The molecule has 1 saturated heterocycles. The van der Waals surface area contributed by atoms with Gasteiger partial charge in [0, 0.05) is 43.0 Å². The predicted molar refractivity (Wildman–Crippen MR) is 102 cm³/mol. The molecule has 0 amide bonds. The molecule has 0 radical (unpaired) electrons. The van der Waals surface area contributed by atoms with Gasteiger partial charge >= 0.3 is 0 Å². The molecule has 0 spiro atoms. The molecule has 27 heavy (non-hydrogen) atoms. The quantitative estimate of drug-likeness (QED) is 0.771. The zero-order valence-corrected chi connectivity index (χ0v) is 16.3. The summed E-state index contributed by atoms with van der Waals surface area (Å²) >= 11 is 6.00. The van der Waals surface area contributed by atoms with E-state index in [9.17, 15) is 8.42 Å². The number of fused-ring (bicyclic) bond motifs is 1. The monoisotopic (exact) mass is 410 g/mol. The van der Waals surface area contributed by atoms with Gasteiger partial charge in [0.15, 0.2) is 11.5 Å². The molecule has 7 nitrogen and oxygen atoms in total. The Hall–Kier alpha value is -2.16. The number of anilines is 1. The Labute approximate surface area is 163 Å². The number of piperazine rings is 1. The van der Waals surface area contributed by atoms with Crippen molar-refractivity contribution in [2.45, 2.75) is 4.90 Å². The summed E-state index contributed by atoms with van der Waals surface area (Å²) < 4.78 is 43.5. The fourth-order valence-electron chi connectivity index (χ4n) is 3.26.